The minimum Gasteiger partial charge on any atom is -0.478 e. The third-order valence-corrected chi connectivity index (χ3v) is 3.20. The van der Waals surface area contributed by atoms with Gasteiger partial charge >= 0.3 is 5.97 Å². The second-order valence-corrected chi connectivity index (χ2v) is 6.20. The van der Waals surface area contributed by atoms with E-state index in [0.29, 0.717) is 5.75 Å². The Bertz CT molecular complexity index is 806. The molecule has 0 amide bonds. The summed E-state index contributed by atoms with van der Waals surface area (Å²) in [5.41, 5.74) is 3.89. The Balaban J connectivity index is 2.35. The molecule has 0 spiro atoms. The van der Waals surface area contributed by atoms with Crippen molar-refractivity contribution in [3.63, 3.8) is 0 Å². The molecule has 4 heteroatoms. The zero-order chi connectivity index (χ0) is 18.4. The molecule has 2 aromatic carbocycles. The normalized spacial score (nSPS) is 9.92. The van der Waals surface area contributed by atoms with Gasteiger partial charge in [-0.3, -0.25) is 0 Å². The minimum atomic E-state index is -0.993. The highest BCUT2D eigenvalue weighted by molar-refractivity contribution is 5.90. The number of allylic oxidation sites excluding steroid dienone is 2. The molecule has 2 rings (SSSR count). The molecule has 0 aliphatic rings. The molecular weight excluding hydrogens is 316 g/mol. The topological polar surface area (TPSA) is 55.8 Å². The van der Waals surface area contributed by atoms with E-state index in [4.69, 9.17) is 9.47 Å². The number of hydrogen-bond acceptors (Lipinski definition) is 3. The van der Waals surface area contributed by atoms with Crippen LogP contribution in [0, 0.1) is 0 Å². The number of hydrogen-bond donors (Lipinski definition) is 1. The lowest BCUT2D eigenvalue weighted by atomic mass is 10.0. The van der Waals surface area contributed by atoms with Gasteiger partial charge in [0, 0.05) is 0 Å². The summed E-state index contributed by atoms with van der Waals surface area (Å²) >= 11 is 0. The summed E-state index contributed by atoms with van der Waals surface area (Å²) in [5.74, 6) is 0.216. The maximum Gasteiger partial charge on any atom is 0.335 e. The summed E-state index contributed by atoms with van der Waals surface area (Å²) in [6, 6.07) is 12.4. The number of ether oxygens (including phenoxy) is 2. The smallest absolute Gasteiger partial charge is 0.335 e. The van der Waals surface area contributed by atoms with E-state index in [2.05, 4.69) is 0 Å². The fourth-order valence-electron chi connectivity index (χ4n) is 2.05. The lowest BCUT2D eigenvalue weighted by Crippen LogP contribution is -1.98. The molecule has 130 valence electrons. The molecule has 1 N–H and O–H groups in total. The average molecular weight is 338 g/mol. The number of aromatic carboxylic acids is 1. The van der Waals surface area contributed by atoms with Crippen LogP contribution in [0.15, 0.2) is 66.1 Å². The van der Waals surface area contributed by atoms with Crippen LogP contribution < -0.4 is 9.47 Å². The Kier molecular flexibility index (Phi) is 6.01. The van der Waals surface area contributed by atoms with E-state index in [1.807, 2.05) is 58.0 Å². The van der Waals surface area contributed by atoms with E-state index in [0.717, 1.165) is 28.0 Å². The molecule has 0 bridgehead atoms. The van der Waals surface area contributed by atoms with Gasteiger partial charge in [-0.05, 0) is 80.3 Å². The Morgan fingerprint density at radius 1 is 0.800 bits per heavy atom. The van der Waals surface area contributed by atoms with Crippen LogP contribution in [0.5, 0.6) is 11.5 Å². The molecule has 2 aromatic rings. The lowest BCUT2D eigenvalue weighted by Gasteiger charge is -2.09. The van der Waals surface area contributed by atoms with E-state index in [1.165, 1.54) is 6.07 Å². The second-order valence-electron chi connectivity index (χ2n) is 6.20. The molecule has 0 saturated carbocycles. The first-order valence-corrected chi connectivity index (χ1v) is 7.94. The van der Waals surface area contributed by atoms with E-state index in [1.54, 1.807) is 18.6 Å². The average Bonchev–Trinajstić information content (AvgIpc) is 2.58. The fourth-order valence-corrected chi connectivity index (χ4v) is 2.05. The molecule has 0 aliphatic heterocycles. The molecule has 0 aromatic heterocycles. The monoisotopic (exact) mass is 338 g/mol. The maximum absolute atomic E-state index is 11.4. The molecule has 25 heavy (non-hydrogen) atoms. The fraction of sp³-hybridized carbons (Fsp3) is 0.190. The van der Waals surface area contributed by atoms with E-state index in [9.17, 15) is 9.90 Å². The van der Waals surface area contributed by atoms with Gasteiger partial charge in [0.2, 0.25) is 0 Å². The summed E-state index contributed by atoms with van der Waals surface area (Å²) in [6.07, 6.45) is 3.28. The Labute approximate surface area is 148 Å². The van der Waals surface area contributed by atoms with Crippen molar-refractivity contribution < 1.29 is 19.4 Å². The van der Waals surface area contributed by atoms with Crippen LogP contribution in [0.2, 0.25) is 0 Å². The van der Waals surface area contributed by atoms with Crippen molar-refractivity contribution in [3.05, 3.63) is 71.7 Å². The van der Waals surface area contributed by atoms with Crippen molar-refractivity contribution in [1.82, 2.24) is 0 Å². The predicted octanol–water partition coefficient (Wildman–Crippen LogP) is 5.66. The number of rotatable bonds is 6. The summed E-state index contributed by atoms with van der Waals surface area (Å²) in [4.78, 5) is 11.4. The van der Waals surface area contributed by atoms with Gasteiger partial charge in [0.1, 0.15) is 11.5 Å². The van der Waals surface area contributed by atoms with Crippen molar-refractivity contribution in [2.24, 2.45) is 0 Å². The van der Waals surface area contributed by atoms with Crippen LogP contribution >= 0.6 is 0 Å². The number of carboxylic acid groups (broad SMARTS) is 1. The highest BCUT2D eigenvalue weighted by atomic mass is 16.5. The zero-order valence-corrected chi connectivity index (χ0v) is 14.9. The molecule has 4 nitrogen and oxygen atoms in total. The number of carboxylic acids is 1. The molecule has 0 saturated heterocycles. The third kappa shape index (κ3) is 5.53. The molecule has 0 fully saturated rings. The van der Waals surface area contributed by atoms with Crippen LogP contribution in [0.1, 0.15) is 38.1 Å². The summed E-state index contributed by atoms with van der Waals surface area (Å²) in [5, 5.41) is 9.33. The Morgan fingerprint density at radius 3 is 1.88 bits per heavy atom. The molecule has 0 unspecified atom stereocenters. The van der Waals surface area contributed by atoms with Crippen molar-refractivity contribution in [2.75, 3.05) is 0 Å². The van der Waals surface area contributed by atoms with Crippen molar-refractivity contribution in [2.45, 2.75) is 27.7 Å². The van der Waals surface area contributed by atoms with Crippen LogP contribution in [0.25, 0.3) is 11.1 Å². The Morgan fingerprint density at radius 2 is 1.36 bits per heavy atom. The van der Waals surface area contributed by atoms with Crippen LogP contribution in [0.4, 0.5) is 0 Å². The summed E-state index contributed by atoms with van der Waals surface area (Å²) in [7, 11) is 0. The van der Waals surface area contributed by atoms with Gasteiger partial charge in [-0.15, -0.1) is 0 Å². The van der Waals surface area contributed by atoms with Crippen molar-refractivity contribution in [3.8, 4) is 22.6 Å². The first-order valence-electron chi connectivity index (χ1n) is 7.94. The number of carbonyl (C=O) groups is 1. The molecule has 0 radical (unpaired) electrons. The predicted molar refractivity (Wildman–Crippen MR) is 99.0 cm³/mol. The first kappa shape index (κ1) is 18.3. The largest absolute Gasteiger partial charge is 0.478 e. The highest BCUT2D eigenvalue weighted by Crippen LogP contribution is 2.28. The second kappa shape index (κ2) is 8.20. The van der Waals surface area contributed by atoms with Crippen molar-refractivity contribution in [1.29, 1.82) is 0 Å². The first-order chi connectivity index (χ1) is 11.8. The standard InChI is InChI=1S/C21H22O4/c1-14(2)12-24-19-7-5-16(6-8-19)17-9-18(21(22)23)11-20(10-17)25-13-15(3)4/h5-13H,1-4H3,(H,22,23). The third-order valence-electron chi connectivity index (χ3n) is 3.20. The van der Waals surface area contributed by atoms with E-state index >= 15 is 0 Å². The van der Waals surface area contributed by atoms with Gasteiger partial charge in [-0.2, -0.15) is 0 Å². The van der Waals surface area contributed by atoms with Gasteiger partial charge < -0.3 is 14.6 Å². The van der Waals surface area contributed by atoms with Crippen molar-refractivity contribution >= 4 is 5.97 Å². The molecule has 0 atom stereocenters. The lowest BCUT2D eigenvalue weighted by molar-refractivity contribution is 0.0696. The van der Waals surface area contributed by atoms with Crippen LogP contribution in [-0.2, 0) is 0 Å². The van der Waals surface area contributed by atoms with Gasteiger partial charge in [-0.1, -0.05) is 12.1 Å². The van der Waals surface area contributed by atoms with Gasteiger partial charge in [0.25, 0.3) is 0 Å². The summed E-state index contributed by atoms with van der Waals surface area (Å²) < 4.78 is 11.1. The van der Waals surface area contributed by atoms with Crippen LogP contribution in [-0.4, -0.2) is 11.1 Å². The van der Waals surface area contributed by atoms with Gasteiger partial charge in [0.05, 0.1) is 18.1 Å². The maximum atomic E-state index is 11.4. The van der Waals surface area contributed by atoms with E-state index < -0.39 is 5.97 Å². The van der Waals surface area contributed by atoms with E-state index in [-0.39, 0.29) is 5.56 Å². The highest BCUT2D eigenvalue weighted by Gasteiger charge is 2.09. The van der Waals surface area contributed by atoms with Crippen LogP contribution in [0.3, 0.4) is 0 Å². The molecule has 0 heterocycles. The van der Waals surface area contributed by atoms with Gasteiger partial charge in [0.15, 0.2) is 0 Å². The SMILES string of the molecule is CC(C)=COc1ccc(-c2cc(OC=C(C)C)cc(C(=O)O)c2)cc1. The van der Waals surface area contributed by atoms with Gasteiger partial charge in [-0.25, -0.2) is 4.79 Å². The summed E-state index contributed by atoms with van der Waals surface area (Å²) in [6.45, 7) is 7.74. The number of benzene rings is 2. The Hall–Kier alpha value is -3.01. The molecule has 0 aliphatic carbocycles. The quantitative estimate of drug-likeness (QED) is 0.691. The molecular formula is C21H22O4. The zero-order valence-electron chi connectivity index (χ0n) is 14.9. The minimum absolute atomic E-state index is 0.180.